The van der Waals surface area contributed by atoms with E-state index in [2.05, 4.69) is 19.1 Å². The molecule has 1 aromatic rings. The molecule has 0 fully saturated rings. The zero-order valence-corrected chi connectivity index (χ0v) is 10.8. The number of benzene rings is 1. The molecule has 0 amide bonds. The van der Waals surface area contributed by atoms with E-state index in [0.717, 1.165) is 18.6 Å². The Kier molecular flexibility index (Phi) is 5.45. The van der Waals surface area contributed by atoms with Crippen LogP contribution >= 0.6 is 0 Å². The van der Waals surface area contributed by atoms with Gasteiger partial charge in [-0.15, -0.1) is 0 Å². The lowest BCUT2D eigenvalue weighted by atomic mass is 10.0. The van der Waals surface area contributed by atoms with Crippen LogP contribution in [0.3, 0.4) is 0 Å². The van der Waals surface area contributed by atoms with Gasteiger partial charge in [0, 0.05) is 12.0 Å². The van der Waals surface area contributed by atoms with E-state index in [-0.39, 0.29) is 6.61 Å². The molecule has 3 heteroatoms. The summed E-state index contributed by atoms with van der Waals surface area (Å²) in [6.07, 6.45) is 2.90. The molecule has 3 nitrogen and oxygen atoms in total. The molecule has 96 valence electrons. The Labute approximate surface area is 104 Å². The lowest BCUT2D eigenvalue weighted by Gasteiger charge is -2.21. The van der Waals surface area contributed by atoms with E-state index >= 15 is 0 Å². The summed E-state index contributed by atoms with van der Waals surface area (Å²) < 4.78 is 5.59. The van der Waals surface area contributed by atoms with Crippen molar-refractivity contribution in [3.05, 3.63) is 29.8 Å². The third-order valence-electron chi connectivity index (χ3n) is 2.77. The molecule has 0 aliphatic heterocycles. The van der Waals surface area contributed by atoms with Crippen LogP contribution in [0.25, 0.3) is 0 Å². The minimum atomic E-state index is -0.553. The van der Waals surface area contributed by atoms with Gasteiger partial charge in [-0.05, 0) is 31.0 Å². The van der Waals surface area contributed by atoms with Crippen LogP contribution in [0.1, 0.15) is 32.3 Å². The maximum Gasteiger partial charge on any atom is 0.119 e. The third-order valence-corrected chi connectivity index (χ3v) is 2.77. The predicted octanol–water partition coefficient (Wildman–Crippen LogP) is 2.12. The average Bonchev–Trinajstić information content (AvgIpc) is 2.32. The third kappa shape index (κ3) is 5.20. The Bertz CT molecular complexity index is 319. The number of aliphatic hydroxyl groups excluding tert-OH is 1. The highest BCUT2D eigenvalue weighted by Gasteiger charge is 2.16. The first-order valence-electron chi connectivity index (χ1n) is 6.19. The Balaban J connectivity index is 2.37. The molecule has 3 N–H and O–H groups in total. The zero-order valence-electron chi connectivity index (χ0n) is 10.8. The van der Waals surface area contributed by atoms with E-state index < -0.39 is 5.54 Å². The Hall–Kier alpha value is -1.06. The lowest BCUT2D eigenvalue weighted by Crippen LogP contribution is -2.41. The molecule has 0 saturated heterocycles. The number of rotatable bonds is 7. The molecule has 0 bridgehead atoms. The standard InChI is InChI=1S/C14H23NO2/c1-3-4-12-5-7-13(8-6-12)17-10-9-14(2,15)11-16/h5-8,16H,3-4,9-11,15H2,1-2H3. The summed E-state index contributed by atoms with van der Waals surface area (Å²) in [5.74, 6) is 0.860. The molecule has 0 radical (unpaired) electrons. The van der Waals surface area contributed by atoms with Crippen molar-refractivity contribution in [3.8, 4) is 5.75 Å². The molecule has 0 aliphatic rings. The van der Waals surface area contributed by atoms with Gasteiger partial charge in [-0.1, -0.05) is 25.5 Å². The van der Waals surface area contributed by atoms with Gasteiger partial charge in [0.15, 0.2) is 0 Å². The lowest BCUT2D eigenvalue weighted by molar-refractivity contribution is 0.175. The SMILES string of the molecule is CCCc1ccc(OCCC(C)(N)CO)cc1. The van der Waals surface area contributed by atoms with Crippen LogP contribution in [0.15, 0.2) is 24.3 Å². The molecule has 17 heavy (non-hydrogen) atoms. The normalized spacial score (nSPS) is 14.4. The molecule has 1 aromatic carbocycles. The van der Waals surface area contributed by atoms with Crippen molar-refractivity contribution >= 4 is 0 Å². The highest BCUT2D eigenvalue weighted by Crippen LogP contribution is 2.14. The largest absolute Gasteiger partial charge is 0.494 e. The molecular formula is C14H23NO2. The Morgan fingerprint density at radius 1 is 1.29 bits per heavy atom. The molecule has 1 atom stereocenters. The molecule has 0 heterocycles. The first-order chi connectivity index (χ1) is 8.07. The Morgan fingerprint density at radius 2 is 1.94 bits per heavy atom. The second-order valence-electron chi connectivity index (χ2n) is 4.80. The van der Waals surface area contributed by atoms with Gasteiger partial charge >= 0.3 is 0 Å². The van der Waals surface area contributed by atoms with Crippen molar-refractivity contribution in [2.24, 2.45) is 5.73 Å². The number of ether oxygens (including phenoxy) is 1. The number of hydrogen-bond donors (Lipinski definition) is 2. The van der Waals surface area contributed by atoms with Crippen LogP contribution < -0.4 is 10.5 Å². The van der Waals surface area contributed by atoms with Crippen molar-refractivity contribution in [1.29, 1.82) is 0 Å². The van der Waals surface area contributed by atoms with E-state index in [1.807, 2.05) is 19.1 Å². The maximum absolute atomic E-state index is 9.01. The second-order valence-corrected chi connectivity index (χ2v) is 4.80. The molecule has 1 unspecified atom stereocenters. The fourth-order valence-corrected chi connectivity index (χ4v) is 1.52. The van der Waals surface area contributed by atoms with Crippen LogP contribution in [-0.2, 0) is 6.42 Å². The second kappa shape index (κ2) is 6.62. The van der Waals surface area contributed by atoms with Crippen LogP contribution in [0, 0.1) is 0 Å². The van der Waals surface area contributed by atoms with E-state index in [4.69, 9.17) is 15.6 Å². The van der Waals surface area contributed by atoms with Gasteiger partial charge in [0.2, 0.25) is 0 Å². The number of nitrogens with two attached hydrogens (primary N) is 1. The number of aryl methyl sites for hydroxylation is 1. The average molecular weight is 237 g/mol. The van der Waals surface area contributed by atoms with Gasteiger partial charge < -0.3 is 15.6 Å². The smallest absolute Gasteiger partial charge is 0.119 e. The van der Waals surface area contributed by atoms with Crippen molar-refractivity contribution in [2.75, 3.05) is 13.2 Å². The van der Waals surface area contributed by atoms with Gasteiger partial charge in [0.25, 0.3) is 0 Å². The molecule has 1 rings (SSSR count). The van der Waals surface area contributed by atoms with E-state index in [0.29, 0.717) is 13.0 Å². The highest BCUT2D eigenvalue weighted by molar-refractivity contribution is 5.27. The first kappa shape index (κ1) is 14.0. The summed E-state index contributed by atoms with van der Waals surface area (Å²) in [6.45, 7) is 4.49. The number of hydrogen-bond acceptors (Lipinski definition) is 3. The molecule has 0 spiro atoms. The summed E-state index contributed by atoms with van der Waals surface area (Å²) >= 11 is 0. The van der Waals surface area contributed by atoms with Gasteiger partial charge in [0.1, 0.15) is 5.75 Å². The van der Waals surface area contributed by atoms with E-state index in [9.17, 15) is 0 Å². The van der Waals surface area contributed by atoms with Crippen molar-refractivity contribution < 1.29 is 9.84 Å². The zero-order chi connectivity index (χ0) is 12.7. The van der Waals surface area contributed by atoms with Crippen LogP contribution in [0.5, 0.6) is 5.75 Å². The topological polar surface area (TPSA) is 55.5 Å². The highest BCUT2D eigenvalue weighted by atomic mass is 16.5. The summed E-state index contributed by atoms with van der Waals surface area (Å²) in [6, 6.07) is 8.15. The predicted molar refractivity (Wildman–Crippen MR) is 70.2 cm³/mol. The molecule has 0 aromatic heterocycles. The quantitative estimate of drug-likeness (QED) is 0.763. The maximum atomic E-state index is 9.01. The van der Waals surface area contributed by atoms with Crippen molar-refractivity contribution in [3.63, 3.8) is 0 Å². The van der Waals surface area contributed by atoms with E-state index in [1.165, 1.54) is 5.56 Å². The van der Waals surface area contributed by atoms with Crippen LogP contribution in [-0.4, -0.2) is 23.9 Å². The fraction of sp³-hybridized carbons (Fsp3) is 0.571. The van der Waals surface area contributed by atoms with Crippen LogP contribution in [0.2, 0.25) is 0 Å². The fourth-order valence-electron chi connectivity index (χ4n) is 1.52. The van der Waals surface area contributed by atoms with Crippen molar-refractivity contribution in [1.82, 2.24) is 0 Å². The van der Waals surface area contributed by atoms with Gasteiger partial charge in [-0.25, -0.2) is 0 Å². The first-order valence-corrected chi connectivity index (χ1v) is 6.19. The molecule has 0 saturated carbocycles. The van der Waals surface area contributed by atoms with Gasteiger partial charge in [0.05, 0.1) is 13.2 Å². The van der Waals surface area contributed by atoms with Gasteiger partial charge in [-0.2, -0.15) is 0 Å². The number of aliphatic hydroxyl groups is 1. The minimum absolute atomic E-state index is 0.0220. The molecule has 0 aliphatic carbocycles. The van der Waals surface area contributed by atoms with Crippen LogP contribution in [0.4, 0.5) is 0 Å². The minimum Gasteiger partial charge on any atom is -0.494 e. The monoisotopic (exact) mass is 237 g/mol. The van der Waals surface area contributed by atoms with Crippen molar-refractivity contribution in [2.45, 2.75) is 38.6 Å². The summed E-state index contributed by atoms with van der Waals surface area (Å²) in [7, 11) is 0. The summed E-state index contributed by atoms with van der Waals surface area (Å²) in [4.78, 5) is 0. The summed E-state index contributed by atoms with van der Waals surface area (Å²) in [5.41, 5.74) is 6.59. The molecular weight excluding hydrogens is 214 g/mol. The van der Waals surface area contributed by atoms with E-state index in [1.54, 1.807) is 0 Å². The Morgan fingerprint density at radius 3 is 2.47 bits per heavy atom. The summed E-state index contributed by atoms with van der Waals surface area (Å²) in [5, 5.41) is 9.01. The van der Waals surface area contributed by atoms with Gasteiger partial charge in [-0.3, -0.25) is 0 Å².